The highest BCUT2D eigenvalue weighted by Gasteiger charge is 2.28. The number of nitrogens with one attached hydrogen (secondary N) is 1. The van der Waals surface area contributed by atoms with Gasteiger partial charge in [-0.25, -0.2) is 0 Å². The van der Waals surface area contributed by atoms with Crippen LogP contribution >= 0.6 is 0 Å². The molecule has 0 bridgehead atoms. The lowest BCUT2D eigenvalue weighted by atomic mass is 10.1. The molecule has 82 valence electrons. The lowest BCUT2D eigenvalue weighted by Crippen LogP contribution is -2.42. The summed E-state index contributed by atoms with van der Waals surface area (Å²) in [4.78, 5) is 11.4. The van der Waals surface area contributed by atoms with Crippen molar-refractivity contribution in [1.82, 2.24) is 5.32 Å². The first-order valence-electron chi connectivity index (χ1n) is 5.68. The summed E-state index contributed by atoms with van der Waals surface area (Å²) in [7, 11) is 0. The predicted octanol–water partition coefficient (Wildman–Crippen LogP) is 1.28. The highest BCUT2D eigenvalue weighted by molar-refractivity contribution is 5.81. The van der Waals surface area contributed by atoms with Crippen molar-refractivity contribution in [3.05, 3.63) is 0 Å². The van der Waals surface area contributed by atoms with Gasteiger partial charge in [0.25, 0.3) is 0 Å². The van der Waals surface area contributed by atoms with Gasteiger partial charge in [0, 0.05) is 6.54 Å². The van der Waals surface area contributed by atoms with Crippen LogP contribution in [-0.2, 0) is 4.79 Å². The van der Waals surface area contributed by atoms with Gasteiger partial charge in [-0.1, -0.05) is 20.3 Å². The highest BCUT2D eigenvalue weighted by atomic mass is 16.2. The van der Waals surface area contributed by atoms with E-state index >= 15 is 0 Å². The smallest absolute Gasteiger partial charge is 0.236 e. The van der Waals surface area contributed by atoms with E-state index in [4.69, 9.17) is 5.73 Å². The van der Waals surface area contributed by atoms with Crippen LogP contribution in [0.25, 0.3) is 0 Å². The molecular weight excluding hydrogens is 176 g/mol. The number of amides is 1. The van der Waals surface area contributed by atoms with E-state index in [-0.39, 0.29) is 11.9 Å². The first-order valence-corrected chi connectivity index (χ1v) is 5.68. The topological polar surface area (TPSA) is 55.1 Å². The summed E-state index contributed by atoms with van der Waals surface area (Å²) in [6.45, 7) is 5.03. The summed E-state index contributed by atoms with van der Waals surface area (Å²) >= 11 is 0. The second-order valence-electron chi connectivity index (χ2n) is 4.46. The molecule has 3 nitrogen and oxygen atoms in total. The quantitative estimate of drug-likeness (QED) is 0.675. The number of nitrogens with two attached hydrogens (primary N) is 1. The summed E-state index contributed by atoms with van der Waals surface area (Å²) in [5.41, 5.74) is 5.69. The second kappa shape index (κ2) is 5.35. The number of hydrogen-bond donors (Lipinski definition) is 2. The van der Waals surface area contributed by atoms with Gasteiger partial charge in [0.15, 0.2) is 0 Å². The summed E-state index contributed by atoms with van der Waals surface area (Å²) in [6.07, 6.45) is 4.41. The van der Waals surface area contributed by atoms with Gasteiger partial charge in [-0.05, 0) is 31.1 Å². The molecule has 2 atom stereocenters. The lowest BCUT2D eigenvalue weighted by molar-refractivity contribution is -0.122. The van der Waals surface area contributed by atoms with Gasteiger partial charge in [-0.2, -0.15) is 0 Å². The minimum Gasteiger partial charge on any atom is -0.354 e. The molecular formula is C11H22N2O. The molecule has 0 aromatic rings. The van der Waals surface area contributed by atoms with Gasteiger partial charge in [0.2, 0.25) is 5.91 Å². The van der Waals surface area contributed by atoms with Gasteiger partial charge in [0.1, 0.15) is 0 Å². The average Bonchev–Trinajstić information content (AvgIpc) is 2.97. The molecule has 0 aromatic heterocycles. The van der Waals surface area contributed by atoms with Crippen LogP contribution in [-0.4, -0.2) is 18.5 Å². The fourth-order valence-electron chi connectivity index (χ4n) is 1.67. The van der Waals surface area contributed by atoms with Crippen molar-refractivity contribution in [2.75, 3.05) is 6.54 Å². The molecule has 0 aromatic carbocycles. The van der Waals surface area contributed by atoms with E-state index in [9.17, 15) is 4.79 Å². The Morgan fingerprint density at radius 1 is 1.57 bits per heavy atom. The molecule has 1 rings (SSSR count). The largest absolute Gasteiger partial charge is 0.354 e. The predicted molar refractivity (Wildman–Crippen MR) is 57.8 cm³/mol. The molecule has 0 heterocycles. The standard InChI is InChI=1S/C11H22N2O/c1-3-4-10(12)11(14)13-7-8(2)9-5-6-9/h8-10H,3-7,12H2,1-2H3,(H,13,14)/t8?,10-/m0/s1. The van der Waals surface area contributed by atoms with E-state index < -0.39 is 0 Å². The van der Waals surface area contributed by atoms with Gasteiger partial charge < -0.3 is 11.1 Å². The molecule has 1 aliphatic rings. The van der Waals surface area contributed by atoms with Gasteiger partial charge in [-0.3, -0.25) is 4.79 Å². The normalized spacial score (nSPS) is 20.2. The molecule has 1 saturated carbocycles. The van der Waals surface area contributed by atoms with Crippen LogP contribution in [0.3, 0.4) is 0 Å². The third-order valence-corrected chi connectivity index (χ3v) is 2.96. The molecule has 0 aliphatic heterocycles. The van der Waals surface area contributed by atoms with Crippen molar-refractivity contribution in [2.24, 2.45) is 17.6 Å². The number of carbonyl (C=O) groups is 1. The zero-order valence-electron chi connectivity index (χ0n) is 9.25. The molecule has 0 radical (unpaired) electrons. The Morgan fingerprint density at radius 3 is 2.71 bits per heavy atom. The maximum Gasteiger partial charge on any atom is 0.236 e. The minimum absolute atomic E-state index is 0.0133. The van der Waals surface area contributed by atoms with Crippen molar-refractivity contribution >= 4 is 5.91 Å². The molecule has 1 aliphatic carbocycles. The number of hydrogen-bond acceptors (Lipinski definition) is 2. The monoisotopic (exact) mass is 198 g/mol. The average molecular weight is 198 g/mol. The minimum atomic E-state index is -0.314. The van der Waals surface area contributed by atoms with E-state index in [1.807, 2.05) is 6.92 Å². The SMILES string of the molecule is CCC[C@H](N)C(=O)NCC(C)C1CC1. The maximum absolute atomic E-state index is 11.4. The summed E-state index contributed by atoms with van der Waals surface area (Å²) in [5, 5.41) is 2.92. The lowest BCUT2D eigenvalue weighted by Gasteiger charge is -2.14. The van der Waals surface area contributed by atoms with Gasteiger partial charge >= 0.3 is 0 Å². The van der Waals surface area contributed by atoms with Crippen LogP contribution in [0.4, 0.5) is 0 Å². The van der Waals surface area contributed by atoms with Gasteiger partial charge in [-0.15, -0.1) is 0 Å². The van der Waals surface area contributed by atoms with Crippen LogP contribution in [0.2, 0.25) is 0 Å². The Kier molecular flexibility index (Phi) is 4.39. The van der Waals surface area contributed by atoms with E-state index in [1.165, 1.54) is 12.8 Å². The number of carbonyl (C=O) groups excluding carboxylic acids is 1. The molecule has 3 heteroatoms. The fraction of sp³-hybridized carbons (Fsp3) is 0.909. The van der Waals surface area contributed by atoms with Crippen molar-refractivity contribution in [3.63, 3.8) is 0 Å². The zero-order valence-corrected chi connectivity index (χ0v) is 9.25. The molecule has 3 N–H and O–H groups in total. The molecule has 0 spiro atoms. The molecule has 1 amide bonds. The summed E-state index contributed by atoms with van der Waals surface area (Å²) < 4.78 is 0. The van der Waals surface area contributed by atoms with E-state index in [1.54, 1.807) is 0 Å². The third kappa shape index (κ3) is 3.66. The summed E-state index contributed by atoms with van der Waals surface area (Å²) in [5.74, 6) is 1.48. The number of rotatable bonds is 6. The van der Waals surface area contributed by atoms with E-state index in [2.05, 4.69) is 12.2 Å². The highest BCUT2D eigenvalue weighted by Crippen LogP contribution is 2.35. The molecule has 14 heavy (non-hydrogen) atoms. The first kappa shape index (κ1) is 11.5. The third-order valence-electron chi connectivity index (χ3n) is 2.96. The van der Waals surface area contributed by atoms with Gasteiger partial charge in [0.05, 0.1) is 6.04 Å². The van der Waals surface area contributed by atoms with Crippen LogP contribution in [0.5, 0.6) is 0 Å². The zero-order chi connectivity index (χ0) is 10.6. The first-order chi connectivity index (χ1) is 6.65. The van der Waals surface area contributed by atoms with Crippen molar-refractivity contribution < 1.29 is 4.79 Å². The molecule has 1 fully saturated rings. The molecule has 0 saturated heterocycles. The van der Waals surface area contributed by atoms with Crippen molar-refractivity contribution in [1.29, 1.82) is 0 Å². The van der Waals surface area contributed by atoms with Crippen molar-refractivity contribution in [2.45, 2.75) is 45.6 Å². The van der Waals surface area contributed by atoms with Crippen LogP contribution < -0.4 is 11.1 Å². The maximum atomic E-state index is 11.4. The van der Waals surface area contributed by atoms with Crippen LogP contribution in [0.15, 0.2) is 0 Å². The van der Waals surface area contributed by atoms with Crippen molar-refractivity contribution in [3.8, 4) is 0 Å². The Morgan fingerprint density at radius 2 is 2.21 bits per heavy atom. The second-order valence-corrected chi connectivity index (χ2v) is 4.46. The van der Waals surface area contributed by atoms with E-state index in [0.717, 1.165) is 25.3 Å². The van der Waals surface area contributed by atoms with E-state index in [0.29, 0.717) is 5.92 Å². The van der Waals surface area contributed by atoms with Crippen LogP contribution in [0, 0.1) is 11.8 Å². The van der Waals surface area contributed by atoms with Crippen LogP contribution in [0.1, 0.15) is 39.5 Å². The Labute approximate surface area is 86.4 Å². The Balaban J connectivity index is 2.12. The summed E-state index contributed by atoms with van der Waals surface area (Å²) in [6, 6.07) is -0.314. The molecule has 1 unspecified atom stereocenters. The Bertz CT molecular complexity index is 190. The Hall–Kier alpha value is -0.570. The fourth-order valence-corrected chi connectivity index (χ4v) is 1.67.